The van der Waals surface area contributed by atoms with Crippen LogP contribution in [0.2, 0.25) is 0 Å². The predicted molar refractivity (Wildman–Crippen MR) is 51.6 cm³/mol. The number of rotatable bonds is 2. The van der Waals surface area contributed by atoms with Crippen LogP contribution >= 0.6 is 11.8 Å². The van der Waals surface area contributed by atoms with Gasteiger partial charge in [0.25, 0.3) is 0 Å². The van der Waals surface area contributed by atoms with Gasteiger partial charge in [-0.25, -0.2) is 9.97 Å². The summed E-state index contributed by atoms with van der Waals surface area (Å²) in [5.41, 5.74) is 0. The molecule has 2 heterocycles. The molecule has 0 bridgehead atoms. The highest BCUT2D eigenvalue weighted by Crippen LogP contribution is 2.22. The van der Waals surface area contributed by atoms with E-state index in [2.05, 4.69) is 9.97 Å². The Labute approximate surface area is 80.8 Å². The molecule has 4 heteroatoms. The lowest BCUT2D eigenvalue weighted by atomic mass is 10.5. The van der Waals surface area contributed by atoms with E-state index in [4.69, 9.17) is 0 Å². The summed E-state index contributed by atoms with van der Waals surface area (Å²) in [6.45, 7) is 0. The third-order valence-corrected chi connectivity index (χ3v) is 2.64. The zero-order valence-corrected chi connectivity index (χ0v) is 8.03. The van der Waals surface area contributed by atoms with E-state index < -0.39 is 0 Å². The Morgan fingerprint density at radius 2 is 2.15 bits per heavy atom. The second-order valence-corrected chi connectivity index (χ2v) is 3.58. The summed E-state index contributed by atoms with van der Waals surface area (Å²) in [6.07, 6.45) is 5.49. The van der Waals surface area contributed by atoms with Crippen molar-refractivity contribution < 1.29 is 0 Å². The lowest BCUT2D eigenvalue weighted by molar-refractivity contribution is 0.788. The fraction of sp³-hybridized carbons (Fsp3) is 0.111. The molecule has 0 N–H and O–H groups in total. The van der Waals surface area contributed by atoms with Gasteiger partial charge in [0, 0.05) is 25.6 Å². The molecule has 0 amide bonds. The van der Waals surface area contributed by atoms with Gasteiger partial charge < -0.3 is 4.57 Å². The lowest BCUT2D eigenvalue weighted by Gasteiger charge is -1.99. The van der Waals surface area contributed by atoms with E-state index in [0.717, 1.165) is 10.2 Å². The van der Waals surface area contributed by atoms with Crippen molar-refractivity contribution >= 4 is 11.8 Å². The molecule has 2 aromatic rings. The van der Waals surface area contributed by atoms with Gasteiger partial charge in [0.1, 0.15) is 5.03 Å². The first-order valence-electron chi connectivity index (χ1n) is 3.92. The molecule has 13 heavy (non-hydrogen) atoms. The summed E-state index contributed by atoms with van der Waals surface area (Å²) >= 11 is 1.56. The minimum absolute atomic E-state index is 0.957. The van der Waals surface area contributed by atoms with Crippen LogP contribution < -0.4 is 0 Å². The molecule has 0 spiro atoms. The molecule has 0 aromatic carbocycles. The maximum Gasteiger partial charge on any atom is 0.174 e. The molecular weight excluding hydrogens is 182 g/mol. The number of aromatic nitrogens is 3. The molecule has 0 radical (unpaired) electrons. The molecule has 0 fully saturated rings. The van der Waals surface area contributed by atoms with Gasteiger partial charge in [-0.1, -0.05) is 6.07 Å². The van der Waals surface area contributed by atoms with Crippen LogP contribution in [0.1, 0.15) is 0 Å². The Morgan fingerprint density at radius 1 is 1.23 bits per heavy atom. The van der Waals surface area contributed by atoms with Crippen molar-refractivity contribution in [3.05, 3.63) is 36.8 Å². The van der Waals surface area contributed by atoms with Gasteiger partial charge in [0.15, 0.2) is 5.16 Å². The normalized spacial score (nSPS) is 10.2. The molecule has 0 unspecified atom stereocenters. The number of pyridine rings is 1. The monoisotopic (exact) mass is 191 g/mol. The van der Waals surface area contributed by atoms with Gasteiger partial charge in [-0.2, -0.15) is 0 Å². The van der Waals surface area contributed by atoms with Crippen LogP contribution in [-0.2, 0) is 7.05 Å². The first-order valence-corrected chi connectivity index (χ1v) is 4.74. The summed E-state index contributed by atoms with van der Waals surface area (Å²) in [4.78, 5) is 8.40. The van der Waals surface area contributed by atoms with Crippen LogP contribution in [0.15, 0.2) is 47.0 Å². The van der Waals surface area contributed by atoms with Crippen LogP contribution in [0.4, 0.5) is 0 Å². The summed E-state index contributed by atoms with van der Waals surface area (Å²) in [7, 11) is 1.97. The Morgan fingerprint density at radius 3 is 2.77 bits per heavy atom. The van der Waals surface area contributed by atoms with Crippen molar-refractivity contribution in [1.29, 1.82) is 0 Å². The van der Waals surface area contributed by atoms with Crippen LogP contribution in [0.25, 0.3) is 0 Å². The summed E-state index contributed by atoms with van der Waals surface area (Å²) in [6, 6.07) is 5.85. The van der Waals surface area contributed by atoms with E-state index in [9.17, 15) is 0 Å². The Balaban J connectivity index is 2.20. The van der Waals surface area contributed by atoms with Gasteiger partial charge >= 0.3 is 0 Å². The number of nitrogens with zero attached hydrogens (tertiary/aromatic N) is 3. The number of imidazole rings is 1. The van der Waals surface area contributed by atoms with Crippen molar-refractivity contribution in [3.8, 4) is 0 Å². The average molecular weight is 191 g/mol. The zero-order valence-electron chi connectivity index (χ0n) is 7.21. The summed E-state index contributed by atoms with van der Waals surface area (Å²) in [5.74, 6) is 0. The lowest BCUT2D eigenvalue weighted by Crippen LogP contribution is -1.88. The Bertz CT molecular complexity index is 383. The van der Waals surface area contributed by atoms with Crippen LogP contribution in [0.5, 0.6) is 0 Å². The number of hydrogen-bond acceptors (Lipinski definition) is 3. The fourth-order valence-electron chi connectivity index (χ4n) is 0.951. The minimum atomic E-state index is 0.957. The molecule has 0 saturated carbocycles. The molecule has 0 aliphatic heterocycles. The number of aryl methyl sites for hydroxylation is 1. The van der Waals surface area contributed by atoms with Gasteiger partial charge in [-0.3, -0.25) is 0 Å². The standard InChI is InChI=1S/C9H9N3S/c1-12-7-6-11-9(12)13-8-4-2-3-5-10-8/h2-7H,1H3. The third kappa shape index (κ3) is 1.89. The van der Waals surface area contributed by atoms with E-state index in [0.29, 0.717) is 0 Å². The van der Waals surface area contributed by atoms with Crippen molar-refractivity contribution in [2.24, 2.45) is 7.05 Å². The zero-order chi connectivity index (χ0) is 9.10. The SMILES string of the molecule is Cn1ccnc1Sc1ccccn1. The van der Waals surface area contributed by atoms with Gasteiger partial charge in [0.2, 0.25) is 0 Å². The topological polar surface area (TPSA) is 30.7 Å². The maximum absolute atomic E-state index is 4.20. The molecule has 2 rings (SSSR count). The first-order chi connectivity index (χ1) is 6.36. The van der Waals surface area contributed by atoms with Gasteiger partial charge in [-0.15, -0.1) is 0 Å². The molecule has 3 nitrogen and oxygen atoms in total. The molecule has 0 atom stereocenters. The summed E-state index contributed by atoms with van der Waals surface area (Å²) < 4.78 is 1.97. The number of hydrogen-bond donors (Lipinski definition) is 0. The molecule has 0 aliphatic carbocycles. The molecule has 66 valence electrons. The van der Waals surface area contributed by atoms with Crippen molar-refractivity contribution in [2.75, 3.05) is 0 Å². The van der Waals surface area contributed by atoms with E-state index in [1.165, 1.54) is 0 Å². The highest BCUT2D eigenvalue weighted by molar-refractivity contribution is 7.99. The highest BCUT2D eigenvalue weighted by Gasteiger charge is 2.01. The van der Waals surface area contributed by atoms with E-state index in [1.54, 1.807) is 24.2 Å². The Kier molecular flexibility index (Phi) is 2.31. The average Bonchev–Trinajstić information content (AvgIpc) is 2.54. The summed E-state index contributed by atoms with van der Waals surface area (Å²) in [5, 5.41) is 1.93. The predicted octanol–water partition coefficient (Wildman–Crippen LogP) is 1.97. The second kappa shape index (κ2) is 3.62. The quantitative estimate of drug-likeness (QED) is 0.727. The largest absolute Gasteiger partial charge is 0.329 e. The Hall–Kier alpha value is -1.29. The van der Waals surface area contributed by atoms with Crippen LogP contribution in [-0.4, -0.2) is 14.5 Å². The van der Waals surface area contributed by atoms with Crippen molar-refractivity contribution in [1.82, 2.24) is 14.5 Å². The highest BCUT2D eigenvalue weighted by atomic mass is 32.2. The third-order valence-electron chi connectivity index (χ3n) is 1.61. The van der Waals surface area contributed by atoms with Gasteiger partial charge in [0.05, 0.1) is 0 Å². The first kappa shape index (κ1) is 8.31. The fourth-order valence-corrected chi connectivity index (χ4v) is 1.72. The smallest absolute Gasteiger partial charge is 0.174 e. The molecule has 2 aromatic heterocycles. The second-order valence-electron chi connectivity index (χ2n) is 2.59. The van der Waals surface area contributed by atoms with Crippen molar-refractivity contribution in [2.45, 2.75) is 10.2 Å². The molecule has 0 aliphatic rings. The maximum atomic E-state index is 4.20. The van der Waals surface area contributed by atoms with E-state index in [-0.39, 0.29) is 0 Å². The van der Waals surface area contributed by atoms with Crippen LogP contribution in [0, 0.1) is 0 Å². The van der Waals surface area contributed by atoms with E-state index in [1.807, 2.05) is 36.0 Å². The molecule has 0 saturated heterocycles. The van der Waals surface area contributed by atoms with Crippen LogP contribution in [0.3, 0.4) is 0 Å². The van der Waals surface area contributed by atoms with E-state index >= 15 is 0 Å². The van der Waals surface area contributed by atoms with Crippen molar-refractivity contribution in [3.63, 3.8) is 0 Å². The van der Waals surface area contributed by atoms with Gasteiger partial charge in [-0.05, 0) is 23.9 Å². The molecular formula is C9H9N3S. The minimum Gasteiger partial charge on any atom is -0.329 e.